The molecule has 0 aliphatic heterocycles. The third-order valence-corrected chi connectivity index (χ3v) is 3.60. The highest BCUT2D eigenvalue weighted by atomic mass is 16.4. The van der Waals surface area contributed by atoms with Gasteiger partial charge in [0.05, 0.1) is 5.56 Å². The minimum atomic E-state index is -1.02. The first-order valence-electron chi connectivity index (χ1n) is 6.95. The molecule has 0 atom stereocenters. The Labute approximate surface area is 128 Å². The summed E-state index contributed by atoms with van der Waals surface area (Å²) in [5.41, 5.74) is 9.65. The molecule has 3 aromatic rings. The van der Waals surface area contributed by atoms with Crippen molar-refractivity contribution in [1.82, 2.24) is 0 Å². The lowest BCUT2D eigenvalue weighted by atomic mass is 9.89. The second-order valence-electron chi connectivity index (χ2n) is 4.99. The van der Waals surface area contributed by atoms with Crippen molar-refractivity contribution in [1.29, 1.82) is 0 Å². The second-order valence-corrected chi connectivity index (χ2v) is 4.99. The standard InChI is InChI=1S/C19H15NO2/c20-16-12-11-15(13-7-3-1-4-8-13)17(18(16)19(21)22)14-9-5-2-6-10-14/h1-12H,20H2,(H,21,22). The highest BCUT2D eigenvalue weighted by Gasteiger charge is 2.19. The number of carboxylic acids is 1. The van der Waals surface area contributed by atoms with Gasteiger partial charge in [-0.2, -0.15) is 0 Å². The van der Waals surface area contributed by atoms with Crippen LogP contribution < -0.4 is 5.73 Å². The van der Waals surface area contributed by atoms with Gasteiger partial charge in [-0.05, 0) is 22.8 Å². The zero-order valence-electron chi connectivity index (χ0n) is 11.9. The van der Waals surface area contributed by atoms with Gasteiger partial charge < -0.3 is 10.8 Å². The molecule has 108 valence electrons. The normalized spacial score (nSPS) is 10.4. The van der Waals surface area contributed by atoms with Gasteiger partial charge >= 0.3 is 5.97 Å². The number of benzene rings is 3. The van der Waals surface area contributed by atoms with E-state index in [4.69, 9.17) is 5.73 Å². The van der Waals surface area contributed by atoms with E-state index in [9.17, 15) is 9.90 Å². The number of nitrogens with two attached hydrogens (primary N) is 1. The van der Waals surface area contributed by atoms with Gasteiger partial charge in [0.25, 0.3) is 0 Å². The van der Waals surface area contributed by atoms with Crippen LogP contribution in [0.25, 0.3) is 22.3 Å². The van der Waals surface area contributed by atoms with E-state index in [0.29, 0.717) is 5.56 Å². The molecule has 0 amide bonds. The third kappa shape index (κ3) is 2.44. The monoisotopic (exact) mass is 289 g/mol. The molecule has 0 saturated heterocycles. The van der Waals surface area contributed by atoms with Crippen LogP contribution in [0.1, 0.15) is 10.4 Å². The van der Waals surface area contributed by atoms with E-state index in [1.165, 1.54) is 0 Å². The first kappa shape index (κ1) is 13.9. The number of carboxylic acid groups (broad SMARTS) is 1. The maximum Gasteiger partial charge on any atom is 0.338 e. The Kier molecular flexibility index (Phi) is 3.62. The molecule has 3 rings (SSSR count). The zero-order chi connectivity index (χ0) is 15.5. The summed E-state index contributed by atoms with van der Waals surface area (Å²) < 4.78 is 0. The van der Waals surface area contributed by atoms with Gasteiger partial charge in [0.15, 0.2) is 0 Å². The van der Waals surface area contributed by atoms with Crippen molar-refractivity contribution in [3.05, 3.63) is 78.4 Å². The second kappa shape index (κ2) is 5.74. The Balaban J connectivity index is 2.37. The van der Waals surface area contributed by atoms with Crippen molar-refractivity contribution in [2.45, 2.75) is 0 Å². The fourth-order valence-corrected chi connectivity index (χ4v) is 2.61. The van der Waals surface area contributed by atoms with Crippen LogP contribution in [-0.2, 0) is 0 Å². The molecule has 0 aromatic heterocycles. The van der Waals surface area contributed by atoms with Crippen molar-refractivity contribution >= 4 is 11.7 Å². The lowest BCUT2D eigenvalue weighted by Gasteiger charge is -2.15. The Morgan fingerprint density at radius 2 is 1.32 bits per heavy atom. The molecule has 22 heavy (non-hydrogen) atoms. The number of hydrogen-bond donors (Lipinski definition) is 2. The zero-order valence-corrected chi connectivity index (χ0v) is 11.9. The molecule has 0 saturated carbocycles. The maximum absolute atomic E-state index is 11.7. The van der Waals surface area contributed by atoms with Gasteiger partial charge in [-0.1, -0.05) is 66.7 Å². The summed E-state index contributed by atoms with van der Waals surface area (Å²) in [4.78, 5) is 11.7. The van der Waals surface area contributed by atoms with Crippen LogP contribution >= 0.6 is 0 Å². The first-order valence-corrected chi connectivity index (χ1v) is 6.95. The largest absolute Gasteiger partial charge is 0.478 e. The molecule has 3 N–H and O–H groups in total. The molecule has 0 fully saturated rings. The number of aromatic carboxylic acids is 1. The van der Waals surface area contributed by atoms with E-state index in [1.54, 1.807) is 6.07 Å². The molecule has 0 aliphatic carbocycles. The van der Waals surface area contributed by atoms with Crippen LogP contribution in [-0.4, -0.2) is 11.1 Å². The number of hydrogen-bond acceptors (Lipinski definition) is 2. The highest BCUT2D eigenvalue weighted by Crippen LogP contribution is 2.37. The molecule has 3 heteroatoms. The van der Waals surface area contributed by atoms with Gasteiger partial charge in [-0.15, -0.1) is 0 Å². The minimum absolute atomic E-state index is 0.146. The van der Waals surface area contributed by atoms with Crippen LogP contribution in [0, 0.1) is 0 Å². The number of carbonyl (C=O) groups is 1. The maximum atomic E-state index is 11.7. The van der Waals surface area contributed by atoms with Gasteiger partial charge in [0, 0.05) is 11.3 Å². The summed E-state index contributed by atoms with van der Waals surface area (Å²) in [5.74, 6) is -1.02. The topological polar surface area (TPSA) is 63.3 Å². The van der Waals surface area contributed by atoms with E-state index >= 15 is 0 Å². The van der Waals surface area contributed by atoms with Gasteiger partial charge in [-0.25, -0.2) is 4.79 Å². The average Bonchev–Trinajstić information content (AvgIpc) is 2.56. The van der Waals surface area contributed by atoms with Crippen LogP contribution in [0.2, 0.25) is 0 Å². The van der Waals surface area contributed by atoms with Gasteiger partial charge in [0.2, 0.25) is 0 Å². The predicted octanol–water partition coefficient (Wildman–Crippen LogP) is 4.30. The van der Waals surface area contributed by atoms with Gasteiger partial charge in [0.1, 0.15) is 0 Å². The molecule has 0 radical (unpaired) electrons. The van der Waals surface area contributed by atoms with Crippen molar-refractivity contribution in [3.8, 4) is 22.3 Å². The molecule has 0 unspecified atom stereocenters. The van der Waals surface area contributed by atoms with Crippen molar-refractivity contribution in [3.63, 3.8) is 0 Å². The molecular formula is C19H15NO2. The lowest BCUT2D eigenvalue weighted by Crippen LogP contribution is -2.06. The highest BCUT2D eigenvalue weighted by molar-refractivity contribution is 6.05. The third-order valence-electron chi connectivity index (χ3n) is 3.60. The lowest BCUT2D eigenvalue weighted by molar-refractivity contribution is 0.0699. The van der Waals surface area contributed by atoms with Crippen molar-refractivity contribution in [2.75, 3.05) is 5.73 Å². The van der Waals surface area contributed by atoms with Crippen LogP contribution in [0.15, 0.2) is 72.8 Å². The van der Waals surface area contributed by atoms with Crippen LogP contribution in [0.5, 0.6) is 0 Å². The Hall–Kier alpha value is -3.07. The Morgan fingerprint density at radius 1 is 0.773 bits per heavy atom. The summed E-state index contributed by atoms with van der Waals surface area (Å²) in [6, 6.07) is 22.7. The average molecular weight is 289 g/mol. The Bertz CT molecular complexity index is 812. The summed E-state index contributed by atoms with van der Waals surface area (Å²) in [6.45, 7) is 0. The molecule has 0 aliphatic rings. The van der Waals surface area contributed by atoms with E-state index in [2.05, 4.69) is 0 Å². The summed E-state index contributed by atoms with van der Waals surface area (Å²) in [6.07, 6.45) is 0. The molecule has 0 spiro atoms. The van der Waals surface area contributed by atoms with E-state index in [1.807, 2.05) is 66.7 Å². The van der Waals surface area contributed by atoms with E-state index < -0.39 is 5.97 Å². The SMILES string of the molecule is Nc1ccc(-c2ccccc2)c(-c2ccccc2)c1C(=O)O. The number of anilines is 1. The quantitative estimate of drug-likeness (QED) is 0.706. The smallest absolute Gasteiger partial charge is 0.338 e. The molecule has 3 nitrogen and oxygen atoms in total. The van der Waals surface area contributed by atoms with E-state index in [0.717, 1.165) is 16.7 Å². The fourth-order valence-electron chi connectivity index (χ4n) is 2.61. The van der Waals surface area contributed by atoms with Gasteiger partial charge in [-0.3, -0.25) is 0 Å². The predicted molar refractivity (Wildman–Crippen MR) is 88.7 cm³/mol. The molecule has 0 heterocycles. The molecule has 3 aromatic carbocycles. The first-order chi connectivity index (χ1) is 10.7. The van der Waals surface area contributed by atoms with Crippen LogP contribution in [0.3, 0.4) is 0 Å². The summed E-state index contributed by atoms with van der Waals surface area (Å²) in [5, 5.41) is 9.60. The van der Waals surface area contributed by atoms with Crippen molar-refractivity contribution < 1.29 is 9.90 Å². The Morgan fingerprint density at radius 3 is 1.86 bits per heavy atom. The van der Waals surface area contributed by atoms with Crippen molar-refractivity contribution in [2.24, 2.45) is 0 Å². The fraction of sp³-hybridized carbons (Fsp3) is 0. The molecular weight excluding hydrogens is 274 g/mol. The summed E-state index contributed by atoms with van der Waals surface area (Å²) >= 11 is 0. The number of rotatable bonds is 3. The molecule has 0 bridgehead atoms. The van der Waals surface area contributed by atoms with Crippen LogP contribution in [0.4, 0.5) is 5.69 Å². The minimum Gasteiger partial charge on any atom is -0.478 e. The number of nitrogen functional groups attached to an aromatic ring is 1. The summed E-state index contributed by atoms with van der Waals surface area (Å²) in [7, 11) is 0. The van der Waals surface area contributed by atoms with E-state index in [-0.39, 0.29) is 11.3 Å².